The van der Waals surface area contributed by atoms with Crippen LogP contribution in [-0.2, 0) is 41.7 Å². The van der Waals surface area contributed by atoms with Gasteiger partial charge >= 0.3 is 0 Å². The fourth-order valence-corrected chi connectivity index (χ4v) is 5.87. The summed E-state index contributed by atoms with van der Waals surface area (Å²) in [7, 11) is 0. The molecule has 0 aliphatic rings. The van der Waals surface area contributed by atoms with Crippen molar-refractivity contribution >= 4 is 52.3 Å². The third kappa shape index (κ3) is 13.9. The summed E-state index contributed by atoms with van der Waals surface area (Å²) in [4.78, 5) is 39.8. The van der Waals surface area contributed by atoms with Crippen LogP contribution >= 0.6 is 34.8 Å². The van der Waals surface area contributed by atoms with Gasteiger partial charge in [0, 0.05) is 18.8 Å². The first-order chi connectivity index (χ1) is 26.4. The predicted molar refractivity (Wildman–Crippen MR) is 220 cm³/mol. The van der Waals surface area contributed by atoms with Gasteiger partial charge in [0.25, 0.3) is 0 Å². The highest BCUT2D eigenvalue weighted by atomic mass is 35.5. The van der Waals surface area contributed by atoms with E-state index in [0.717, 1.165) is 33.5 Å². The zero-order chi connectivity index (χ0) is 39.7. The number of anilines is 1. The minimum absolute atomic E-state index is 0. The molecule has 4 heterocycles. The second kappa shape index (κ2) is 22.7. The van der Waals surface area contributed by atoms with E-state index < -0.39 is 0 Å². The molecular formula is C40H44Cl3N11O2. The quantitative estimate of drug-likeness (QED) is 0.110. The summed E-state index contributed by atoms with van der Waals surface area (Å²) in [6, 6.07) is 19.1. The molecule has 56 heavy (non-hydrogen) atoms. The van der Waals surface area contributed by atoms with Gasteiger partial charge in [0.1, 0.15) is 5.82 Å². The van der Waals surface area contributed by atoms with Gasteiger partial charge in [-0.15, -0.1) is 0 Å². The number of aryl methyl sites for hydroxylation is 4. The van der Waals surface area contributed by atoms with E-state index in [4.69, 9.17) is 52.0 Å². The first-order valence-corrected chi connectivity index (χ1v) is 18.3. The fraction of sp³-hybridized carbons (Fsp3) is 0.250. The lowest BCUT2D eigenvalue weighted by Crippen LogP contribution is -2.20. The van der Waals surface area contributed by atoms with Crippen LogP contribution in [0.25, 0.3) is 0 Å². The van der Waals surface area contributed by atoms with Gasteiger partial charge < -0.3 is 17.2 Å². The summed E-state index contributed by atoms with van der Waals surface area (Å²) >= 11 is 18.1. The first-order valence-electron chi connectivity index (χ1n) is 17.1. The number of rotatable bonds is 12. The van der Waals surface area contributed by atoms with Crippen LogP contribution in [0.5, 0.6) is 0 Å². The Morgan fingerprint density at radius 3 is 1.59 bits per heavy atom. The van der Waals surface area contributed by atoms with E-state index in [0.29, 0.717) is 59.4 Å². The smallest absolute Gasteiger partial charge is 0.224 e. The first kappa shape index (κ1) is 44.8. The van der Waals surface area contributed by atoms with Crippen LogP contribution in [-0.4, -0.2) is 52.1 Å². The molecule has 2 unspecified atom stereocenters. The number of hydrogen-bond acceptors (Lipinski definition) is 11. The Morgan fingerprint density at radius 2 is 1.12 bits per heavy atom. The molecule has 0 bridgehead atoms. The molecule has 0 fully saturated rings. The molecule has 16 heteroatoms. The Labute approximate surface area is 341 Å². The van der Waals surface area contributed by atoms with Crippen molar-refractivity contribution in [2.45, 2.75) is 65.2 Å². The number of halogens is 3. The van der Waals surface area contributed by atoms with Crippen LogP contribution in [0.3, 0.4) is 0 Å². The molecular weight excluding hydrogens is 773 g/mol. The lowest BCUT2D eigenvalue weighted by Gasteiger charge is -2.14. The van der Waals surface area contributed by atoms with Gasteiger partial charge in [-0.1, -0.05) is 79.2 Å². The maximum absolute atomic E-state index is 11.6. The van der Waals surface area contributed by atoms with Crippen LogP contribution < -0.4 is 17.2 Å². The highest BCUT2D eigenvalue weighted by Crippen LogP contribution is 2.24. The Hall–Kier alpha value is -5.63. The standard InChI is InChI=1S/C20H20ClN5O.C15H15Cl2N3O.C4H5N3.CH4/c1-13(20(22)27)16-5-3-2-4-15(16)6-7-18-17(21)12-23-19(26-18)10-14-8-9-24-25-11-14;1-9(14(18)21)11-5-3-2-4-10(11)6-7-13-12(16)8-19-15(17)20-13;5-4-1-2-6-7-3-4;/h2-5,8-9,11-13H,6-7,10H2,1H3,(H2,22,27);2-5,8-9H,6-7H2,1H3,(H2,18,21);1-3H,(H2,5,6);1H4. The molecule has 2 aromatic carbocycles. The SMILES string of the molecule is C.CC(C(N)=O)c1ccccc1CCc1nc(Cc2ccnnc2)ncc1Cl.CC(C(N)=O)c1ccccc1CCc1nc(Cl)ncc1Cl.Nc1ccnnc1. The zero-order valence-corrected chi connectivity index (χ0v) is 32.5. The van der Waals surface area contributed by atoms with Gasteiger partial charge in [-0.25, -0.2) is 19.9 Å². The number of nitrogens with zero attached hydrogens (tertiary/aromatic N) is 8. The fourth-order valence-electron chi connectivity index (χ4n) is 5.35. The van der Waals surface area contributed by atoms with Gasteiger partial charge in [0.2, 0.25) is 17.1 Å². The van der Waals surface area contributed by atoms with Crippen molar-refractivity contribution in [3.63, 3.8) is 0 Å². The lowest BCUT2D eigenvalue weighted by atomic mass is 9.92. The summed E-state index contributed by atoms with van der Waals surface area (Å²) in [5.41, 5.74) is 23.2. The summed E-state index contributed by atoms with van der Waals surface area (Å²) in [5, 5.41) is 15.9. The van der Waals surface area contributed by atoms with Crippen molar-refractivity contribution in [3.8, 4) is 0 Å². The van der Waals surface area contributed by atoms with E-state index in [9.17, 15) is 9.59 Å². The Morgan fingerprint density at radius 1 is 0.625 bits per heavy atom. The summed E-state index contributed by atoms with van der Waals surface area (Å²) in [5.74, 6) is -0.662. The molecule has 0 aliphatic carbocycles. The van der Waals surface area contributed by atoms with Crippen molar-refractivity contribution < 1.29 is 9.59 Å². The molecule has 0 radical (unpaired) electrons. The van der Waals surface area contributed by atoms with E-state index in [1.54, 1.807) is 37.8 Å². The van der Waals surface area contributed by atoms with E-state index in [-0.39, 0.29) is 36.4 Å². The molecule has 0 saturated heterocycles. The molecule has 6 N–H and O–H groups in total. The second-order valence-corrected chi connectivity index (χ2v) is 13.4. The van der Waals surface area contributed by atoms with Crippen LogP contribution in [0, 0.1) is 0 Å². The van der Waals surface area contributed by atoms with Crippen LogP contribution in [0.2, 0.25) is 15.3 Å². The number of carbonyl (C=O) groups excluding carboxylic acids is 2. The molecule has 0 spiro atoms. The number of nitrogens with two attached hydrogens (primary N) is 3. The molecule has 6 rings (SSSR count). The van der Waals surface area contributed by atoms with Crippen molar-refractivity contribution in [1.29, 1.82) is 0 Å². The van der Waals surface area contributed by atoms with Gasteiger partial charge in [0.15, 0.2) is 0 Å². The number of aromatic nitrogens is 8. The number of carbonyl (C=O) groups is 2. The molecule has 13 nitrogen and oxygen atoms in total. The maximum Gasteiger partial charge on any atom is 0.224 e. The summed E-state index contributed by atoms with van der Waals surface area (Å²) in [6.45, 7) is 3.62. The largest absolute Gasteiger partial charge is 0.397 e. The van der Waals surface area contributed by atoms with Crippen LogP contribution in [0.1, 0.15) is 78.1 Å². The zero-order valence-electron chi connectivity index (χ0n) is 30.2. The summed E-state index contributed by atoms with van der Waals surface area (Å²) < 4.78 is 0. The van der Waals surface area contributed by atoms with Crippen molar-refractivity contribution in [3.05, 3.63) is 158 Å². The average Bonchev–Trinajstić information content (AvgIpc) is 3.19. The number of hydrogen-bond donors (Lipinski definition) is 3. The molecule has 0 saturated carbocycles. The average molecular weight is 817 g/mol. The summed E-state index contributed by atoms with van der Waals surface area (Å²) in [6.07, 6.45) is 12.7. The third-order valence-corrected chi connectivity index (χ3v) is 9.24. The second-order valence-electron chi connectivity index (χ2n) is 12.3. The van der Waals surface area contributed by atoms with Gasteiger partial charge in [0.05, 0.1) is 63.7 Å². The van der Waals surface area contributed by atoms with Crippen molar-refractivity contribution in [1.82, 2.24) is 40.3 Å². The Kier molecular flexibility index (Phi) is 18.1. The van der Waals surface area contributed by atoms with Gasteiger partial charge in [-0.2, -0.15) is 20.4 Å². The highest BCUT2D eigenvalue weighted by Gasteiger charge is 2.17. The topological polar surface area (TPSA) is 215 Å². The number of amides is 2. The van der Waals surface area contributed by atoms with E-state index >= 15 is 0 Å². The molecule has 4 aromatic heterocycles. The molecule has 2 atom stereocenters. The van der Waals surface area contributed by atoms with Crippen molar-refractivity contribution in [2.24, 2.45) is 11.5 Å². The predicted octanol–water partition coefficient (Wildman–Crippen LogP) is 6.74. The monoisotopic (exact) mass is 815 g/mol. The molecule has 6 aromatic rings. The Bertz CT molecular complexity index is 2160. The minimum Gasteiger partial charge on any atom is -0.397 e. The van der Waals surface area contributed by atoms with Crippen LogP contribution in [0.4, 0.5) is 5.69 Å². The molecule has 292 valence electrons. The normalized spacial score (nSPS) is 11.4. The molecule has 0 aliphatic heterocycles. The van der Waals surface area contributed by atoms with Gasteiger partial charge in [-0.05, 0) is 91.1 Å². The Balaban J connectivity index is 0.000000257. The lowest BCUT2D eigenvalue weighted by molar-refractivity contribution is -0.119. The number of benzene rings is 2. The number of nitrogen functional groups attached to an aromatic ring is 1. The van der Waals surface area contributed by atoms with Crippen LogP contribution in [0.15, 0.2) is 97.8 Å². The van der Waals surface area contributed by atoms with Crippen molar-refractivity contribution in [2.75, 3.05) is 5.73 Å². The highest BCUT2D eigenvalue weighted by molar-refractivity contribution is 6.32. The van der Waals surface area contributed by atoms with E-state index in [1.165, 1.54) is 12.4 Å². The van der Waals surface area contributed by atoms with Gasteiger partial charge in [-0.3, -0.25) is 9.59 Å². The van der Waals surface area contributed by atoms with E-state index in [1.807, 2.05) is 61.5 Å². The molecule has 2 amide bonds. The van der Waals surface area contributed by atoms with E-state index in [2.05, 4.69) is 40.3 Å². The minimum atomic E-state index is -0.342. The third-order valence-electron chi connectivity index (χ3n) is 8.43. The number of primary amides is 2. The maximum atomic E-state index is 11.6.